The van der Waals surface area contributed by atoms with E-state index >= 15 is 0 Å². The van der Waals surface area contributed by atoms with E-state index in [0.717, 1.165) is 17.2 Å². The van der Waals surface area contributed by atoms with Crippen molar-refractivity contribution in [2.75, 3.05) is 26.4 Å². The van der Waals surface area contributed by atoms with E-state index in [1.165, 1.54) is 0 Å². The lowest BCUT2D eigenvalue weighted by Crippen LogP contribution is -2.14. The SMILES string of the molecule is CC1COc2cc3cc4c5cc(Cl)c6c7c(Cl)cc8c(=O)n9c%10cc%11c(cc%10nc9c9cc(Cl)c(c%10c(Cl)cc(c(=O)n4c3cc2OC1)c5c6%10)c7c89)OCCCO%11. The largest absolute Gasteiger partial charge is 0.489 e. The second-order valence-electron chi connectivity index (χ2n) is 15.3. The molecule has 6 heterocycles. The lowest BCUT2D eigenvalue weighted by molar-refractivity contribution is 0.228. The van der Waals surface area contributed by atoms with Gasteiger partial charge in [-0.25, -0.2) is 4.98 Å². The van der Waals surface area contributed by atoms with Crippen molar-refractivity contribution in [2.24, 2.45) is 5.92 Å². The van der Waals surface area contributed by atoms with Crippen LogP contribution in [0.25, 0.3) is 97.7 Å². The van der Waals surface area contributed by atoms with Gasteiger partial charge in [0.2, 0.25) is 0 Å². The third-order valence-corrected chi connectivity index (χ3v) is 13.1. The van der Waals surface area contributed by atoms with E-state index in [1.807, 2.05) is 36.4 Å². The van der Waals surface area contributed by atoms with E-state index in [0.29, 0.717) is 156 Å². The van der Waals surface area contributed by atoms with E-state index in [1.54, 1.807) is 27.0 Å². The molecule has 1 atom stereocenters. The number of imidazole rings is 1. The van der Waals surface area contributed by atoms with Gasteiger partial charge in [-0.15, -0.1) is 0 Å². The van der Waals surface area contributed by atoms with Gasteiger partial charge in [-0.2, -0.15) is 0 Å². The number of benzene rings is 7. The highest BCUT2D eigenvalue weighted by molar-refractivity contribution is 6.56. The van der Waals surface area contributed by atoms with Gasteiger partial charge < -0.3 is 18.9 Å². The standard InChI is InChI=1S/C44H23Cl4N3O6/c1-16-14-56-30-6-17-5-28-18-7-22(45)36-39-25(48)10-21-35-19(42-49-26-11-31-32(55-4-2-3-54-31)13-29(26)51(42)44(21)53)8-23(46)37(41(35)39)38-24(47)9-20(34(18)40(36)38)43(52)50(28)27(17)12-33(30)57-15-16/h5-13,16H,2-4,14-15H2,1H3. The molecule has 1 unspecified atom stereocenters. The molecule has 4 aromatic heterocycles. The number of hydrogen-bond acceptors (Lipinski definition) is 7. The molecule has 0 saturated heterocycles. The summed E-state index contributed by atoms with van der Waals surface area (Å²) in [4.78, 5) is 34.4. The average molecular weight is 831 g/mol. The number of hydrogen-bond donors (Lipinski definition) is 0. The van der Waals surface area contributed by atoms with Crippen molar-refractivity contribution in [2.45, 2.75) is 13.3 Å². The first kappa shape index (κ1) is 32.6. The molecule has 11 aromatic rings. The van der Waals surface area contributed by atoms with Gasteiger partial charge >= 0.3 is 0 Å². The maximum Gasteiger partial charge on any atom is 0.264 e. The molecular formula is C44H23Cl4N3O6. The minimum absolute atomic E-state index is 0.217. The number of nitrogens with zero attached hydrogens (tertiary/aromatic N) is 3. The van der Waals surface area contributed by atoms with Crippen molar-refractivity contribution < 1.29 is 18.9 Å². The minimum Gasteiger partial charge on any atom is -0.489 e. The summed E-state index contributed by atoms with van der Waals surface area (Å²) in [5, 5.41) is 9.44. The van der Waals surface area contributed by atoms with Crippen LogP contribution < -0.4 is 30.1 Å². The summed E-state index contributed by atoms with van der Waals surface area (Å²) in [5.41, 5.74) is 2.38. The first-order valence-corrected chi connectivity index (χ1v) is 20.0. The Balaban J connectivity index is 1.20. The zero-order valence-corrected chi connectivity index (χ0v) is 32.6. The number of fused-ring (bicyclic) bond motifs is 12. The van der Waals surface area contributed by atoms with Crippen molar-refractivity contribution in [3.63, 3.8) is 0 Å². The van der Waals surface area contributed by atoms with Gasteiger partial charge in [-0.05, 0) is 36.4 Å². The average Bonchev–Trinajstić information content (AvgIpc) is 3.59. The van der Waals surface area contributed by atoms with Gasteiger partial charge in [0.15, 0.2) is 23.0 Å². The Labute approximate surface area is 339 Å². The Kier molecular flexibility index (Phi) is 6.26. The van der Waals surface area contributed by atoms with Crippen LogP contribution in [0.1, 0.15) is 13.3 Å². The number of aromatic nitrogens is 3. The molecule has 7 aromatic carbocycles. The Bertz CT molecular complexity index is 3790. The van der Waals surface area contributed by atoms with Gasteiger partial charge in [0.1, 0.15) is 5.65 Å². The van der Waals surface area contributed by atoms with Crippen LogP contribution in [0.15, 0.2) is 64.2 Å². The Morgan fingerprint density at radius 1 is 0.526 bits per heavy atom. The van der Waals surface area contributed by atoms with Crippen molar-refractivity contribution >= 4 is 144 Å². The summed E-state index contributed by atoms with van der Waals surface area (Å²) in [6.45, 7) is 4.11. The summed E-state index contributed by atoms with van der Waals surface area (Å²) < 4.78 is 27.4. The second kappa shape index (κ2) is 10.9. The number of pyridine rings is 2. The monoisotopic (exact) mass is 829 g/mol. The van der Waals surface area contributed by atoms with Crippen LogP contribution in [-0.2, 0) is 0 Å². The van der Waals surface area contributed by atoms with Crippen LogP contribution in [0.2, 0.25) is 20.1 Å². The highest BCUT2D eigenvalue weighted by Gasteiger charge is 2.30. The highest BCUT2D eigenvalue weighted by Crippen LogP contribution is 2.54. The lowest BCUT2D eigenvalue weighted by Gasteiger charge is -2.21. The van der Waals surface area contributed by atoms with Gasteiger partial charge in [-0.3, -0.25) is 18.4 Å². The first-order valence-electron chi connectivity index (χ1n) is 18.5. The van der Waals surface area contributed by atoms with E-state index in [9.17, 15) is 9.59 Å². The molecule has 0 bridgehead atoms. The molecule has 9 nitrogen and oxygen atoms in total. The molecular weight excluding hydrogens is 808 g/mol. The van der Waals surface area contributed by atoms with E-state index in [-0.39, 0.29) is 17.0 Å². The van der Waals surface area contributed by atoms with Gasteiger partial charge in [0.05, 0.1) is 59.3 Å². The first-order chi connectivity index (χ1) is 27.7. The van der Waals surface area contributed by atoms with Crippen LogP contribution >= 0.6 is 46.4 Å². The molecule has 0 spiro atoms. The summed E-state index contributed by atoms with van der Waals surface area (Å²) in [5.74, 6) is 2.56. The fourth-order valence-electron chi connectivity index (χ4n) is 9.57. The number of ether oxygens (including phenoxy) is 4. The van der Waals surface area contributed by atoms with E-state index in [4.69, 9.17) is 70.3 Å². The van der Waals surface area contributed by atoms with Gasteiger partial charge in [0, 0.05) is 110 Å². The highest BCUT2D eigenvalue weighted by atomic mass is 35.5. The Morgan fingerprint density at radius 2 is 1.04 bits per heavy atom. The molecule has 2 aliphatic heterocycles. The van der Waals surface area contributed by atoms with Crippen molar-refractivity contribution in [3.05, 3.63) is 95.4 Å². The maximum atomic E-state index is 14.7. The molecule has 0 saturated carbocycles. The predicted octanol–water partition coefficient (Wildman–Crippen LogP) is 11.0. The van der Waals surface area contributed by atoms with Gasteiger partial charge in [0.25, 0.3) is 11.1 Å². The molecule has 0 N–H and O–H groups in total. The molecule has 0 radical (unpaired) electrons. The molecule has 2 aliphatic rings. The zero-order valence-electron chi connectivity index (χ0n) is 29.6. The van der Waals surface area contributed by atoms with Crippen LogP contribution in [0.3, 0.4) is 0 Å². The maximum absolute atomic E-state index is 14.7. The summed E-state index contributed by atoms with van der Waals surface area (Å²) in [7, 11) is 0. The van der Waals surface area contributed by atoms with Crippen LogP contribution in [0.5, 0.6) is 23.0 Å². The van der Waals surface area contributed by atoms with Crippen molar-refractivity contribution in [1.29, 1.82) is 0 Å². The van der Waals surface area contributed by atoms with Crippen LogP contribution in [-0.4, -0.2) is 40.2 Å². The zero-order chi connectivity index (χ0) is 38.3. The van der Waals surface area contributed by atoms with E-state index < -0.39 is 0 Å². The lowest BCUT2D eigenvalue weighted by atomic mass is 9.85. The molecule has 0 fully saturated rings. The molecule has 13 rings (SSSR count). The number of rotatable bonds is 0. The fraction of sp³-hybridized carbons (Fsp3) is 0.159. The molecule has 278 valence electrons. The van der Waals surface area contributed by atoms with E-state index in [2.05, 4.69) is 6.92 Å². The van der Waals surface area contributed by atoms with Crippen LogP contribution in [0, 0.1) is 5.92 Å². The van der Waals surface area contributed by atoms with Crippen molar-refractivity contribution in [1.82, 2.24) is 13.8 Å². The minimum atomic E-state index is -0.300. The fourth-order valence-corrected chi connectivity index (χ4v) is 10.8. The predicted molar refractivity (Wildman–Crippen MR) is 228 cm³/mol. The third-order valence-electron chi connectivity index (χ3n) is 11.9. The molecule has 57 heavy (non-hydrogen) atoms. The Morgan fingerprint density at radius 3 is 1.68 bits per heavy atom. The topological polar surface area (TPSA) is 92.8 Å². The summed E-state index contributed by atoms with van der Waals surface area (Å²) in [6.07, 6.45) is 0.745. The third kappa shape index (κ3) is 4.00. The normalized spacial score (nSPS) is 16.3. The number of halogens is 4. The second-order valence-corrected chi connectivity index (χ2v) is 16.9. The Hall–Kier alpha value is -5.45. The van der Waals surface area contributed by atoms with Crippen LogP contribution in [0.4, 0.5) is 0 Å². The molecule has 13 heteroatoms. The summed E-state index contributed by atoms with van der Waals surface area (Å²) >= 11 is 29.4. The van der Waals surface area contributed by atoms with Gasteiger partial charge in [-0.1, -0.05) is 53.3 Å². The van der Waals surface area contributed by atoms with Crippen molar-refractivity contribution in [3.8, 4) is 23.0 Å². The quantitative estimate of drug-likeness (QED) is 0.111. The smallest absolute Gasteiger partial charge is 0.264 e. The summed E-state index contributed by atoms with van der Waals surface area (Å²) in [6, 6.07) is 16.5. The molecule has 0 aliphatic carbocycles. The molecule has 0 amide bonds.